The van der Waals surface area contributed by atoms with Crippen LogP contribution in [0.15, 0.2) is 24.3 Å². The Balaban J connectivity index is 2.70. The largest absolute Gasteiger partial charge is 0.465 e. The van der Waals surface area contributed by atoms with Gasteiger partial charge in [-0.2, -0.15) is 99.3 Å². The van der Waals surface area contributed by atoms with E-state index in [0.29, 0.717) is 11.5 Å². The molecule has 0 N–H and O–H groups in total. The fourth-order valence-corrected chi connectivity index (χ4v) is 8.22. The molecule has 0 saturated carbocycles. The third-order valence-corrected chi connectivity index (χ3v) is 12.5. The summed E-state index contributed by atoms with van der Waals surface area (Å²) in [5.41, 5.74) is -0.451. The quantitative estimate of drug-likeness (QED) is 0.0214. The second-order valence-corrected chi connectivity index (χ2v) is 20.3. The van der Waals surface area contributed by atoms with E-state index in [1.165, 1.54) is 0 Å². The number of ether oxygens (including phenoxy) is 8. The number of rotatable bonds is 40. The van der Waals surface area contributed by atoms with Gasteiger partial charge in [0.15, 0.2) is 0 Å². The highest BCUT2D eigenvalue weighted by Crippen LogP contribution is 2.25. The minimum Gasteiger partial charge on any atom is -0.465 e. The second kappa shape index (κ2) is 39.4. The maximum Gasteiger partial charge on any atom is 0.306 e. The van der Waals surface area contributed by atoms with Crippen LogP contribution in [0.2, 0.25) is 0 Å². The first-order valence-corrected chi connectivity index (χ1v) is 27.9. The summed E-state index contributed by atoms with van der Waals surface area (Å²) < 4.78 is 43.5. The summed E-state index contributed by atoms with van der Waals surface area (Å²) in [7, 11) is 0. The Morgan fingerprint density at radius 3 is 0.794 bits per heavy atom. The average Bonchev–Trinajstić information content (AvgIpc) is 3.31. The number of thioether (sulfide) groups is 2. The standard InChI is InChI=1S/C44H66O16S8/c45-35(4-14-61)53-25-43(26-54-36(46)5-15-62,27-55-37(47)6-16-63)31-59-41(51)12-22-67-20-10-33-2-1-3-34(24-33)11-21-68-23-13-42(52)60-32-44(28-56-38(48)7-17-64,29-57-39(49)8-18-65)30-58-40(50)9-19-66/h1-3,24,61-66H,4-23,25-32H2. The topological polar surface area (TPSA) is 210 Å². The molecule has 0 heterocycles. The first-order chi connectivity index (χ1) is 32.7. The molecule has 0 bridgehead atoms. The van der Waals surface area contributed by atoms with E-state index in [9.17, 15) is 38.4 Å². The predicted octanol–water partition coefficient (Wildman–Crippen LogP) is 5.26. The molecule has 0 unspecified atom stereocenters. The Morgan fingerprint density at radius 1 is 0.353 bits per heavy atom. The molecule has 0 spiro atoms. The van der Waals surface area contributed by atoms with E-state index in [0.717, 1.165) is 35.5 Å². The van der Waals surface area contributed by atoms with Crippen molar-refractivity contribution < 1.29 is 76.3 Å². The fraction of sp³-hybridized carbons (Fsp3) is 0.682. The van der Waals surface area contributed by atoms with E-state index < -0.39 is 58.6 Å². The highest BCUT2D eigenvalue weighted by atomic mass is 32.2. The van der Waals surface area contributed by atoms with Crippen molar-refractivity contribution in [3.05, 3.63) is 35.4 Å². The molecule has 0 aliphatic carbocycles. The zero-order chi connectivity index (χ0) is 50.5. The zero-order valence-electron chi connectivity index (χ0n) is 38.1. The molecule has 386 valence electrons. The van der Waals surface area contributed by atoms with Crippen LogP contribution < -0.4 is 0 Å². The molecule has 1 rings (SSSR count). The zero-order valence-corrected chi connectivity index (χ0v) is 45.1. The van der Waals surface area contributed by atoms with Crippen molar-refractivity contribution in [1.29, 1.82) is 0 Å². The fourth-order valence-electron chi connectivity index (χ4n) is 5.33. The Hall–Kier alpha value is -2.22. The van der Waals surface area contributed by atoms with Gasteiger partial charge in [0.2, 0.25) is 0 Å². The number of hydrogen-bond acceptors (Lipinski definition) is 24. The molecule has 0 radical (unpaired) electrons. The SMILES string of the molecule is O=C(CCS)OCC(COC(=O)CCS)(COC(=O)CCS)COC(=O)CCSCCc1cccc(CCSCCC(=O)OCC(COC(=O)CCS)(COC(=O)CCS)COC(=O)CCS)c1. The summed E-state index contributed by atoms with van der Waals surface area (Å²) in [6, 6.07) is 8.16. The van der Waals surface area contributed by atoms with Gasteiger partial charge in [-0.25, -0.2) is 0 Å². The normalized spacial score (nSPS) is 11.3. The molecule has 0 amide bonds. The Kier molecular flexibility index (Phi) is 37.0. The van der Waals surface area contributed by atoms with Crippen LogP contribution in [0, 0.1) is 10.8 Å². The van der Waals surface area contributed by atoms with Gasteiger partial charge in [0, 0.05) is 46.0 Å². The highest BCUT2D eigenvalue weighted by Gasteiger charge is 2.39. The lowest BCUT2D eigenvalue weighted by atomic mass is 9.92. The van der Waals surface area contributed by atoms with Gasteiger partial charge in [-0.15, -0.1) is 0 Å². The van der Waals surface area contributed by atoms with Crippen molar-refractivity contribution in [2.45, 2.75) is 64.2 Å². The number of aryl methyl sites for hydroxylation is 2. The van der Waals surface area contributed by atoms with Gasteiger partial charge in [-0.05, 0) is 35.5 Å². The van der Waals surface area contributed by atoms with E-state index in [2.05, 4.69) is 81.8 Å². The summed E-state index contributed by atoms with van der Waals surface area (Å²) in [5, 5.41) is 0. The van der Waals surface area contributed by atoms with E-state index >= 15 is 0 Å². The summed E-state index contributed by atoms with van der Waals surface area (Å²) in [4.78, 5) is 99.1. The van der Waals surface area contributed by atoms with Crippen molar-refractivity contribution in [3.8, 4) is 0 Å². The number of hydrogen-bond donors (Lipinski definition) is 6. The van der Waals surface area contributed by atoms with Gasteiger partial charge in [0.25, 0.3) is 0 Å². The molecule has 0 saturated heterocycles. The molecule has 0 aromatic heterocycles. The maximum atomic E-state index is 12.9. The summed E-state index contributed by atoms with van der Waals surface area (Å²) in [5.74, 6) is -0.591. The van der Waals surface area contributed by atoms with Crippen LogP contribution in [-0.4, -0.2) is 158 Å². The number of thiol groups is 6. The highest BCUT2D eigenvalue weighted by molar-refractivity contribution is 7.99. The van der Waals surface area contributed by atoms with Gasteiger partial charge < -0.3 is 37.9 Å². The monoisotopic (exact) mass is 1110 g/mol. The van der Waals surface area contributed by atoms with Crippen molar-refractivity contribution in [3.63, 3.8) is 0 Å². The van der Waals surface area contributed by atoms with Gasteiger partial charge in [-0.1, -0.05) is 24.3 Å². The minimum absolute atomic E-state index is 0.0199. The van der Waals surface area contributed by atoms with Crippen molar-refractivity contribution >= 4 is 147 Å². The first-order valence-electron chi connectivity index (χ1n) is 21.8. The molecule has 0 aliphatic heterocycles. The third kappa shape index (κ3) is 31.2. The van der Waals surface area contributed by atoms with Crippen molar-refractivity contribution in [2.75, 3.05) is 110 Å². The van der Waals surface area contributed by atoms with Crippen LogP contribution in [0.3, 0.4) is 0 Å². The van der Waals surface area contributed by atoms with Crippen LogP contribution in [0.4, 0.5) is 0 Å². The lowest BCUT2D eigenvalue weighted by Crippen LogP contribution is -2.44. The van der Waals surface area contributed by atoms with Gasteiger partial charge in [0.1, 0.15) is 63.7 Å². The molecule has 1 aromatic carbocycles. The molecule has 24 heteroatoms. The average molecular weight is 1110 g/mol. The lowest BCUT2D eigenvalue weighted by Gasteiger charge is -2.31. The van der Waals surface area contributed by atoms with E-state index in [-0.39, 0.29) is 139 Å². The minimum atomic E-state index is -1.35. The van der Waals surface area contributed by atoms with Gasteiger partial charge in [0.05, 0.1) is 51.4 Å². The molecule has 0 atom stereocenters. The van der Waals surface area contributed by atoms with Crippen LogP contribution in [0.25, 0.3) is 0 Å². The second-order valence-electron chi connectivity index (χ2n) is 15.2. The Labute approximate surface area is 441 Å². The van der Waals surface area contributed by atoms with Crippen LogP contribution in [-0.2, 0) is 89.1 Å². The van der Waals surface area contributed by atoms with E-state index in [1.807, 2.05) is 18.2 Å². The molecule has 0 fully saturated rings. The third-order valence-electron chi connectivity index (χ3n) is 9.17. The van der Waals surface area contributed by atoms with Crippen LogP contribution >= 0.6 is 99.3 Å². The molecule has 16 nitrogen and oxygen atoms in total. The molecule has 0 aliphatic rings. The van der Waals surface area contributed by atoms with Crippen LogP contribution in [0.1, 0.15) is 62.5 Å². The summed E-state index contributed by atoms with van der Waals surface area (Å²) >= 11 is 27.4. The smallest absolute Gasteiger partial charge is 0.306 e. The first kappa shape index (κ1) is 63.8. The molecule has 68 heavy (non-hydrogen) atoms. The predicted molar refractivity (Wildman–Crippen MR) is 281 cm³/mol. The van der Waals surface area contributed by atoms with Crippen LogP contribution in [0.5, 0.6) is 0 Å². The van der Waals surface area contributed by atoms with Crippen molar-refractivity contribution in [1.82, 2.24) is 0 Å². The maximum absolute atomic E-state index is 12.9. The Morgan fingerprint density at radius 2 is 0.574 bits per heavy atom. The lowest BCUT2D eigenvalue weighted by molar-refractivity contribution is -0.173. The van der Waals surface area contributed by atoms with Gasteiger partial charge >= 0.3 is 47.8 Å². The molecular formula is C44H66O16S8. The summed E-state index contributed by atoms with van der Waals surface area (Å²) in [6.07, 6.45) is 1.78. The summed E-state index contributed by atoms with van der Waals surface area (Å²) in [6.45, 7) is -2.70. The molecular weight excluding hydrogens is 1040 g/mol. The number of carbonyl (C=O) groups is 8. The van der Waals surface area contributed by atoms with E-state index in [1.54, 1.807) is 23.5 Å². The Bertz CT molecular complexity index is 1460. The number of benzene rings is 1. The number of esters is 8. The van der Waals surface area contributed by atoms with Gasteiger partial charge in [-0.3, -0.25) is 38.4 Å². The van der Waals surface area contributed by atoms with Crippen molar-refractivity contribution in [2.24, 2.45) is 10.8 Å². The van der Waals surface area contributed by atoms with E-state index in [4.69, 9.17) is 37.9 Å². The number of carbonyl (C=O) groups excluding carboxylic acids is 8. The molecule has 1 aromatic rings.